The van der Waals surface area contributed by atoms with Crippen molar-refractivity contribution >= 4 is 17.5 Å². The highest BCUT2D eigenvalue weighted by atomic mass is 35.5. The van der Waals surface area contributed by atoms with Crippen molar-refractivity contribution in [2.45, 2.75) is 32.2 Å². The summed E-state index contributed by atoms with van der Waals surface area (Å²) in [4.78, 5) is 11.7. The molecule has 0 spiro atoms. The Kier molecular flexibility index (Phi) is 4.53. The molecule has 0 fully saturated rings. The van der Waals surface area contributed by atoms with Gasteiger partial charge in [0.25, 0.3) is 0 Å². The molecule has 1 rings (SSSR count). The van der Waals surface area contributed by atoms with Crippen LogP contribution in [0.2, 0.25) is 5.02 Å². The molecule has 0 bridgehead atoms. The zero-order chi connectivity index (χ0) is 12.9. The van der Waals surface area contributed by atoms with Gasteiger partial charge in [-0.15, -0.1) is 0 Å². The highest BCUT2D eigenvalue weighted by Crippen LogP contribution is 2.11. The van der Waals surface area contributed by atoms with Crippen LogP contribution in [0.1, 0.15) is 25.8 Å². The van der Waals surface area contributed by atoms with Gasteiger partial charge in [0.05, 0.1) is 12.5 Å². The molecule has 1 aromatic carbocycles. The fraction of sp³-hybridized carbons (Fsp3) is 0.385. The number of carbonyl (C=O) groups excluding carboxylic acids is 1. The highest BCUT2D eigenvalue weighted by molar-refractivity contribution is 6.30. The van der Waals surface area contributed by atoms with E-state index in [4.69, 9.17) is 16.9 Å². The van der Waals surface area contributed by atoms with Crippen LogP contribution in [0.5, 0.6) is 0 Å². The molecule has 1 aromatic rings. The summed E-state index contributed by atoms with van der Waals surface area (Å²) >= 11 is 5.76. The van der Waals surface area contributed by atoms with Crippen molar-refractivity contribution in [3.05, 3.63) is 34.9 Å². The largest absolute Gasteiger partial charge is 0.338 e. The Morgan fingerprint density at radius 3 is 2.53 bits per heavy atom. The first kappa shape index (κ1) is 13.5. The highest BCUT2D eigenvalue weighted by Gasteiger charge is 2.23. The minimum absolute atomic E-state index is 0.154. The minimum atomic E-state index is -0.788. The number of rotatable bonds is 4. The zero-order valence-electron chi connectivity index (χ0n) is 9.96. The van der Waals surface area contributed by atoms with E-state index in [1.807, 2.05) is 6.92 Å². The molecule has 0 saturated carbocycles. The number of hydrogen-bond donors (Lipinski definition) is 1. The average molecular weight is 251 g/mol. The smallest absolute Gasteiger partial charge is 0.225 e. The first-order valence-corrected chi connectivity index (χ1v) is 5.83. The van der Waals surface area contributed by atoms with E-state index in [0.29, 0.717) is 11.4 Å². The lowest BCUT2D eigenvalue weighted by Crippen LogP contribution is -2.44. The summed E-state index contributed by atoms with van der Waals surface area (Å²) in [5, 5.41) is 12.3. The van der Waals surface area contributed by atoms with Gasteiger partial charge in [-0.25, -0.2) is 0 Å². The van der Waals surface area contributed by atoms with Crippen molar-refractivity contribution in [3.8, 4) is 6.07 Å². The van der Waals surface area contributed by atoms with Gasteiger partial charge >= 0.3 is 0 Å². The Balaban J connectivity index is 2.62. The van der Waals surface area contributed by atoms with Crippen LogP contribution in [0.4, 0.5) is 0 Å². The Bertz CT molecular complexity index is 436. The van der Waals surface area contributed by atoms with Gasteiger partial charge in [-0.1, -0.05) is 30.7 Å². The summed E-state index contributed by atoms with van der Waals surface area (Å²) in [5.74, 6) is -0.154. The molecule has 1 N–H and O–H groups in total. The monoisotopic (exact) mass is 250 g/mol. The van der Waals surface area contributed by atoms with Gasteiger partial charge in [0, 0.05) is 5.02 Å². The fourth-order valence-corrected chi connectivity index (χ4v) is 1.46. The van der Waals surface area contributed by atoms with E-state index in [1.54, 1.807) is 31.2 Å². The quantitative estimate of drug-likeness (QED) is 0.893. The molecule has 17 heavy (non-hydrogen) atoms. The van der Waals surface area contributed by atoms with Crippen LogP contribution in [0.25, 0.3) is 0 Å². The SMILES string of the molecule is CCC(C)(C#N)NC(=O)Cc1ccc(Cl)cc1. The molecule has 1 amide bonds. The zero-order valence-corrected chi connectivity index (χ0v) is 10.7. The van der Waals surface area contributed by atoms with E-state index < -0.39 is 5.54 Å². The molecule has 1 atom stereocenters. The summed E-state index contributed by atoms with van der Waals surface area (Å²) in [6, 6.07) is 9.19. The summed E-state index contributed by atoms with van der Waals surface area (Å²) in [5.41, 5.74) is 0.0899. The Morgan fingerprint density at radius 1 is 1.47 bits per heavy atom. The Hall–Kier alpha value is -1.53. The number of amides is 1. The average Bonchev–Trinajstić information content (AvgIpc) is 2.32. The predicted octanol–water partition coefficient (Wildman–Crippen LogP) is 2.69. The predicted molar refractivity (Wildman–Crippen MR) is 67.6 cm³/mol. The van der Waals surface area contributed by atoms with Gasteiger partial charge in [0.15, 0.2) is 0 Å². The molecule has 3 nitrogen and oxygen atoms in total. The number of carbonyl (C=O) groups is 1. The van der Waals surface area contributed by atoms with Gasteiger partial charge in [0.1, 0.15) is 5.54 Å². The van der Waals surface area contributed by atoms with Gasteiger partial charge in [0.2, 0.25) is 5.91 Å². The maximum Gasteiger partial charge on any atom is 0.225 e. The molecule has 1 unspecified atom stereocenters. The van der Waals surface area contributed by atoms with E-state index in [1.165, 1.54) is 0 Å². The van der Waals surface area contributed by atoms with E-state index in [9.17, 15) is 4.79 Å². The third-order valence-electron chi connectivity index (χ3n) is 2.65. The summed E-state index contributed by atoms with van der Waals surface area (Å²) < 4.78 is 0. The molecular weight excluding hydrogens is 236 g/mol. The number of nitrogens with one attached hydrogen (secondary N) is 1. The van der Waals surface area contributed by atoms with E-state index in [2.05, 4.69) is 11.4 Å². The molecule has 0 radical (unpaired) electrons. The molecule has 0 aliphatic rings. The number of benzene rings is 1. The molecule has 0 heterocycles. The fourth-order valence-electron chi connectivity index (χ4n) is 1.33. The number of hydrogen-bond acceptors (Lipinski definition) is 2. The van der Waals surface area contributed by atoms with Crippen molar-refractivity contribution in [3.63, 3.8) is 0 Å². The molecule has 0 aliphatic carbocycles. The first-order chi connectivity index (χ1) is 7.99. The standard InChI is InChI=1S/C13H15ClN2O/c1-3-13(2,9-15)16-12(17)8-10-4-6-11(14)7-5-10/h4-7H,3,8H2,1-2H3,(H,16,17). The second-order valence-electron chi connectivity index (χ2n) is 4.15. The van der Waals surface area contributed by atoms with Crippen molar-refractivity contribution in [1.82, 2.24) is 5.32 Å². The molecule has 4 heteroatoms. The maximum absolute atomic E-state index is 11.7. The number of halogens is 1. The third-order valence-corrected chi connectivity index (χ3v) is 2.90. The molecule has 0 aliphatic heterocycles. The van der Waals surface area contributed by atoms with Crippen LogP contribution in [0.15, 0.2) is 24.3 Å². The van der Waals surface area contributed by atoms with Crippen LogP contribution < -0.4 is 5.32 Å². The lowest BCUT2D eigenvalue weighted by Gasteiger charge is -2.21. The van der Waals surface area contributed by atoms with Crippen LogP contribution in [-0.2, 0) is 11.2 Å². The van der Waals surface area contributed by atoms with Crippen molar-refractivity contribution in [2.24, 2.45) is 0 Å². The van der Waals surface area contributed by atoms with Gasteiger partial charge < -0.3 is 5.32 Å². The van der Waals surface area contributed by atoms with Crippen LogP contribution in [0, 0.1) is 11.3 Å². The lowest BCUT2D eigenvalue weighted by atomic mass is 10.0. The molecule has 90 valence electrons. The Labute approximate surface area is 106 Å². The third kappa shape index (κ3) is 4.08. The summed E-state index contributed by atoms with van der Waals surface area (Å²) in [6.07, 6.45) is 0.838. The maximum atomic E-state index is 11.7. The second kappa shape index (κ2) is 5.70. The van der Waals surface area contributed by atoms with Crippen molar-refractivity contribution in [2.75, 3.05) is 0 Å². The van der Waals surface area contributed by atoms with Gasteiger partial charge in [-0.05, 0) is 31.0 Å². The number of nitriles is 1. The van der Waals surface area contributed by atoms with Crippen LogP contribution >= 0.6 is 11.6 Å². The second-order valence-corrected chi connectivity index (χ2v) is 4.59. The van der Waals surface area contributed by atoms with Gasteiger partial charge in [-0.3, -0.25) is 4.79 Å². The normalized spacial score (nSPS) is 13.5. The minimum Gasteiger partial charge on any atom is -0.338 e. The molecule has 0 aromatic heterocycles. The lowest BCUT2D eigenvalue weighted by molar-refractivity contribution is -0.121. The summed E-state index contributed by atoms with van der Waals surface area (Å²) in [7, 11) is 0. The summed E-state index contributed by atoms with van der Waals surface area (Å²) in [6.45, 7) is 3.58. The topological polar surface area (TPSA) is 52.9 Å². The van der Waals surface area contributed by atoms with E-state index >= 15 is 0 Å². The van der Waals surface area contributed by atoms with Gasteiger partial charge in [-0.2, -0.15) is 5.26 Å². The van der Waals surface area contributed by atoms with E-state index in [-0.39, 0.29) is 12.3 Å². The first-order valence-electron chi connectivity index (χ1n) is 5.46. The van der Waals surface area contributed by atoms with Crippen LogP contribution in [-0.4, -0.2) is 11.4 Å². The van der Waals surface area contributed by atoms with Crippen molar-refractivity contribution in [1.29, 1.82) is 5.26 Å². The van der Waals surface area contributed by atoms with Crippen molar-refractivity contribution < 1.29 is 4.79 Å². The van der Waals surface area contributed by atoms with Crippen LogP contribution in [0.3, 0.4) is 0 Å². The van der Waals surface area contributed by atoms with E-state index in [0.717, 1.165) is 5.56 Å². The molecule has 0 saturated heterocycles. The Morgan fingerprint density at radius 2 is 2.06 bits per heavy atom. The number of nitrogens with zero attached hydrogens (tertiary/aromatic N) is 1. The molecular formula is C13H15ClN2O.